The van der Waals surface area contributed by atoms with Crippen LogP contribution in [0.3, 0.4) is 0 Å². The van der Waals surface area contributed by atoms with Crippen molar-refractivity contribution in [3.8, 4) is 0 Å². The maximum Gasteiger partial charge on any atom is 0.407 e. The highest BCUT2D eigenvalue weighted by molar-refractivity contribution is 9.10. The van der Waals surface area contributed by atoms with Gasteiger partial charge in [-0.2, -0.15) is 0 Å². The smallest absolute Gasteiger partial charge is 0.407 e. The first-order valence-electron chi connectivity index (χ1n) is 6.25. The summed E-state index contributed by atoms with van der Waals surface area (Å²) in [5.41, 5.74) is 3.03. The van der Waals surface area contributed by atoms with E-state index in [1.165, 1.54) is 4.90 Å². The van der Waals surface area contributed by atoms with Gasteiger partial charge in [0.1, 0.15) is 4.60 Å². The van der Waals surface area contributed by atoms with Gasteiger partial charge in [-0.15, -0.1) is 0 Å². The molecule has 2 aromatic heterocycles. The summed E-state index contributed by atoms with van der Waals surface area (Å²) in [6.45, 7) is 1.57. The molecule has 20 heavy (non-hydrogen) atoms. The van der Waals surface area contributed by atoms with Crippen LogP contribution < -0.4 is 0 Å². The summed E-state index contributed by atoms with van der Waals surface area (Å²) in [4.78, 5) is 20.9. The topological polar surface area (TPSA) is 71.2 Å². The van der Waals surface area contributed by atoms with Gasteiger partial charge in [0.2, 0.25) is 0 Å². The Morgan fingerprint density at radius 3 is 3.05 bits per heavy atom. The quantitative estimate of drug-likeness (QED) is 0.852. The molecule has 0 aliphatic carbocycles. The van der Waals surface area contributed by atoms with Gasteiger partial charge in [0, 0.05) is 30.4 Å². The van der Waals surface area contributed by atoms with Gasteiger partial charge >= 0.3 is 6.09 Å². The molecule has 0 unspecified atom stereocenters. The van der Waals surface area contributed by atoms with E-state index in [0.717, 1.165) is 21.6 Å². The SMILES string of the molecule is O=C(O)N1CCc2c(ncn2Cc2cccnc2Br)C1. The fraction of sp³-hybridized carbons (Fsp3) is 0.308. The number of hydrogen-bond donors (Lipinski definition) is 1. The molecule has 3 heterocycles. The summed E-state index contributed by atoms with van der Waals surface area (Å²) < 4.78 is 2.89. The predicted molar refractivity (Wildman–Crippen MR) is 75.4 cm³/mol. The third-order valence-corrected chi connectivity index (χ3v) is 4.15. The summed E-state index contributed by atoms with van der Waals surface area (Å²) >= 11 is 3.44. The Labute approximate surface area is 124 Å². The third kappa shape index (κ3) is 2.40. The van der Waals surface area contributed by atoms with Crippen LogP contribution in [0.25, 0.3) is 0 Å². The molecule has 0 bridgehead atoms. The second-order valence-electron chi connectivity index (χ2n) is 4.67. The number of pyridine rings is 1. The zero-order valence-corrected chi connectivity index (χ0v) is 12.2. The van der Waals surface area contributed by atoms with Crippen LogP contribution >= 0.6 is 15.9 Å². The van der Waals surface area contributed by atoms with Gasteiger partial charge in [-0.25, -0.2) is 14.8 Å². The highest BCUT2D eigenvalue weighted by atomic mass is 79.9. The maximum atomic E-state index is 11.0. The average Bonchev–Trinajstić information content (AvgIpc) is 2.84. The van der Waals surface area contributed by atoms with Crippen LogP contribution in [0, 0.1) is 0 Å². The number of aromatic nitrogens is 3. The summed E-state index contributed by atoms with van der Waals surface area (Å²) in [6.07, 6.45) is 3.32. The van der Waals surface area contributed by atoms with Gasteiger partial charge in [-0.1, -0.05) is 6.07 Å². The molecule has 0 saturated carbocycles. The van der Waals surface area contributed by atoms with Crippen molar-refractivity contribution in [2.75, 3.05) is 6.54 Å². The summed E-state index contributed by atoms with van der Waals surface area (Å²) in [5, 5.41) is 9.02. The minimum atomic E-state index is -0.889. The second-order valence-corrected chi connectivity index (χ2v) is 5.42. The fourth-order valence-corrected chi connectivity index (χ4v) is 2.77. The number of imidazole rings is 1. The summed E-state index contributed by atoms with van der Waals surface area (Å²) in [7, 11) is 0. The minimum absolute atomic E-state index is 0.367. The van der Waals surface area contributed by atoms with Crippen molar-refractivity contribution < 1.29 is 9.90 Å². The number of hydrogen-bond acceptors (Lipinski definition) is 3. The zero-order chi connectivity index (χ0) is 14.1. The maximum absolute atomic E-state index is 11.0. The van der Waals surface area contributed by atoms with Crippen LogP contribution in [0.4, 0.5) is 4.79 Å². The van der Waals surface area contributed by atoms with Crippen molar-refractivity contribution in [2.24, 2.45) is 0 Å². The number of fused-ring (bicyclic) bond motifs is 1. The highest BCUT2D eigenvalue weighted by Crippen LogP contribution is 2.21. The zero-order valence-electron chi connectivity index (χ0n) is 10.7. The molecule has 0 saturated heterocycles. The molecule has 0 atom stereocenters. The molecule has 0 fully saturated rings. The monoisotopic (exact) mass is 336 g/mol. The molecule has 1 N–H and O–H groups in total. The van der Waals surface area contributed by atoms with Crippen molar-refractivity contribution in [1.29, 1.82) is 0 Å². The van der Waals surface area contributed by atoms with Crippen molar-refractivity contribution in [2.45, 2.75) is 19.5 Å². The third-order valence-electron chi connectivity index (χ3n) is 3.44. The largest absolute Gasteiger partial charge is 0.465 e. The van der Waals surface area contributed by atoms with Crippen LogP contribution in [0.1, 0.15) is 17.0 Å². The lowest BCUT2D eigenvalue weighted by Gasteiger charge is -2.24. The normalized spacial score (nSPS) is 14.2. The van der Waals surface area contributed by atoms with Crippen molar-refractivity contribution in [1.82, 2.24) is 19.4 Å². The van der Waals surface area contributed by atoms with Crippen LogP contribution in [-0.4, -0.2) is 37.2 Å². The lowest BCUT2D eigenvalue weighted by molar-refractivity contribution is 0.139. The van der Waals surface area contributed by atoms with Gasteiger partial charge in [0.15, 0.2) is 0 Å². The van der Waals surface area contributed by atoms with E-state index in [2.05, 4.69) is 30.5 Å². The first-order chi connectivity index (χ1) is 9.65. The molecule has 7 heteroatoms. The molecule has 0 spiro atoms. The van der Waals surface area contributed by atoms with E-state index in [-0.39, 0.29) is 0 Å². The van der Waals surface area contributed by atoms with E-state index in [1.807, 2.05) is 12.1 Å². The van der Waals surface area contributed by atoms with E-state index < -0.39 is 6.09 Å². The molecular weight excluding hydrogens is 324 g/mol. The molecule has 3 rings (SSSR count). The van der Waals surface area contributed by atoms with Crippen LogP contribution in [0.2, 0.25) is 0 Å². The first-order valence-corrected chi connectivity index (χ1v) is 7.04. The molecule has 104 valence electrons. The van der Waals surface area contributed by atoms with E-state index in [4.69, 9.17) is 5.11 Å². The van der Waals surface area contributed by atoms with Crippen molar-refractivity contribution in [3.05, 3.63) is 46.2 Å². The molecular formula is C13H13BrN4O2. The number of rotatable bonds is 2. The minimum Gasteiger partial charge on any atom is -0.465 e. The fourth-order valence-electron chi connectivity index (χ4n) is 2.39. The Morgan fingerprint density at radius 2 is 2.30 bits per heavy atom. The van der Waals surface area contributed by atoms with E-state index in [0.29, 0.717) is 26.1 Å². The Hall–Kier alpha value is -1.89. The molecule has 1 amide bonds. The van der Waals surface area contributed by atoms with Gasteiger partial charge in [0.25, 0.3) is 0 Å². The Kier molecular flexibility index (Phi) is 3.43. The van der Waals surface area contributed by atoms with E-state index in [9.17, 15) is 4.79 Å². The van der Waals surface area contributed by atoms with E-state index >= 15 is 0 Å². The van der Waals surface area contributed by atoms with Crippen LogP contribution in [-0.2, 0) is 19.5 Å². The highest BCUT2D eigenvalue weighted by Gasteiger charge is 2.23. The summed E-state index contributed by atoms with van der Waals surface area (Å²) in [5.74, 6) is 0. The van der Waals surface area contributed by atoms with Crippen molar-refractivity contribution >= 4 is 22.0 Å². The molecule has 0 aromatic carbocycles. The van der Waals surface area contributed by atoms with Gasteiger partial charge in [0.05, 0.1) is 25.1 Å². The average molecular weight is 337 g/mol. The first kappa shape index (κ1) is 13.1. The molecule has 6 nitrogen and oxygen atoms in total. The van der Waals surface area contributed by atoms with Gasteiger partial charge in [-0.05, 0) is 22.0 Å². The number of amides is 1. The second kappa shape index (κ2) is 5.24. The number of nitrogens with zero attached hydrogens (tertiary/aromatic N) is 4. The Bertz CT molecular complexity index is 656. The number of halogens is 1. The predicted octanol–water partition coefficient (Wildman–Crippen LogP) is 2.12. The van der Waals surface area contributed by atoms with E-state index in [1.54, 1.807) is 12.5 Å². The Balaban J connectivity index is 1.84. The lowest BCUT2D eigenvalue weighted by Crippen LogP contribution is -2.35. The molecule has 1 aliphatic rings. The summed E-state index contributed by atoms with van der Waals surface area (Å²) in [6, 6.07) is 3.91. The Morgan fingerprint density at radius 1 is 1.45 bits per heavy atom. The van der Waals surface area contributed by atoms with Gasteiger partial charge < -0.3 is 14.6 Å². The molecule has 1 aliphatic heterocycles. The van der Waals surface area contributed by atoms with Crippen LogP contribution in [0.15, 0.2) is 29.3 Å². The van der Waals surface area contributed by atoms with Crippen LogP contribution in [0.5, 0.6) is 0 Å². The van der Waals surface area contributed by atoms with Crippen molar-refractivity contribution in [3.63, 3.8) is 0 Å². The number of carboxylic acid groups (broad SMARTS) is 1. The lowest BCUT2D eigenvalue weighted by atomic mass is 10.1. The van der Waals surface area contributed by atoms with Gasteiger partial charge in [-0.3, -0.25) is 0 Å². The standard InChI is InChI=1S/C13H13BrN4O2/c14-12-9(2-1-4-15-12)6-18-8-16-10-7-17(13(19)20)5-3-11(10)18/h1-2,4,8H,3,5-7H2,(H,19,20). The molecule has 2 aromatic rings. The molecule has 0 radical (unpaired) electrons. The number of carbonyl (C=O) groups is 1.